The third-order valence-corrected chi connectivity index (χ3v) is 4.56. The highest BCUT2D eigenvalue weighted by molar-refractivity contribution is 5.93. The van der Waals surface area contributed by atoms with Crippen molar-refractivity contribution in [3.8, 4) is 0 Å². The molecule has 152 valence electrons. The van der Waals surface area contributed by atoms with Crippen molar-refractivity contribution in [2.24, 2.45) is 5.73 Å². The summed E-state index contributed by atoms with van der Waals surface area (Å²) < 4.78 is 1.38. The van der Waals surface area contributed by atoms with Crippen LogP contribution in [0.15, 0.2) is 41.5 Å². The molecular formula is C21H26N6O2. The molecule has 3 heterocycles. The van der Waals surface area contributed by atoms with Crippen LogP contribution in [0, 0.1) is 6.92 Å². The topological polar surface area (TPSA) is 115 Å². The lowest BCUT2D eigenvalue weighted by atomic mass is 10.1. The fourth-order valence-electron chi connectivity index (χ4n) is 3.24. The lowest BCUT2D eigenvalue weighted by Crippen LogP contribution is -2.33. The molecular weight excluding hydrogens is 368 g/mol. The van der Waals surface area contributed by atoms with Gasteiger partial charge in [0.05, 0.1) is 5.39 Å². The number of nitrogens with one attached hydrogen (secondary N) is 2. The zero-order chi connectivity index (χ0) is 21.1. The Morgan fingerprint density at radius 2 is 2.00 bits per heavy atom. The van der Waals surface area contributed by atoms with Crippen LogP contribution in [0.25, 0.3) is 10.8 Å². The molecule has 0 aliphatic carbocycles. The van der Waals surface area contributed by atoms with Crippen LogP contribution < -0.4 is 21.9 Å². The average molecular weight is 394 g/mol. The van der Waals surface area contributed by atoms with Crippen molar-refractivity contribution in [3.63, 3.8) is 0 Å². The van der Waals surface area contributed by atoms with Gasteiger partial charge >= 0.3 is 0 Å². The quantitative estimate of drug-likeness (QED) is 0.567. The molecule has 0 aliphatic heterocycles. The summed E-state index contributed by atoms with van der Waals surface area (Å²) in [4.78, 5) is 33.9. The second-order valence-electron chi connectivity index (χ2n) is 7.32. The summed E-state index contributed by atoms with van der Waals surface area (Å²) in [6, 6.07) is 6.78. The molecule has 0 saturated carbocycles. The van der Waals surface area contributed by atoms with E-state index in [0.29, 0.717) is 34.6 Å². The number of aryl methyl sites for hydroxylation is 1. The predicted octanol–water partition coefficient (Wildman–Crippen LogP) is 3.10. The molecule has 3 aromatic rings. The van der Waals surface area contributed by atoms with E-state index in [1.165, 1.54) is 4.57 Å². The van der Waals surface area contributed by atoms with Crippen LogP contribution in [0.1, 0.15) is 38.8 Å². The van der Waals surface area contributed by atoms with Gasteiger partial charge in [-0.3, -0.25) is 9.59 Å². The smallest absolute Gasteiger partial charge is 0.262 e. The summed E-state index contributed by atoms with van der Waals surface area (Å²) >= 11 is 0. The van der Waals surface area contributed by atoms with Crippen molar-refractivity contribution in [2.75, 3.05) is 10.6 Å². The van der Waals surface area contributed by atoms with E-state index in [0.717, 1.165) is 5.56 Å². The molecule has 0 aromatic carbocycles. The molecule has 29 heavy (non-hydrogen) atoms. The number of nitrogens with two attached hydrogens (primary N) is 1. The minimum atomic E-state index is -0.701. The second kappa shape index (κ2) is 8.30. The Balaban J connectivity index is 2.16. The van der Waals surface area contributed by atoms with E-state index in [4.69, 9.17) is 5.73 Å². The minimum absolute atomic E-state index is 0.0595. The van der Waals surface area contributed by atoms with Crippen LogP contribution in [-0.2, 0) is 4.79 Å². The Kier molecular flexibility index (Phi) is 5.81. The number of amides is 1. The SMILES string of the molecule is CCC(C(N)=O)n1ccc2cc(Nc3cc(C)ccn3)nc(NC(C)C)c2c1=O. The number of fused-ring (bicyclic) bond motifs is 1. The van der Waals surface area contributed by atoms with Crippen LogP contribution in [-0.4, -0.2) is 26.5 Å². The van der Waals surface area contributed by atoms with Crippen molar-refractivity contribution in [2.45, 2.75) is 46.2 Å². The van der Waals surface area contributed by atoms with E-state index in [1.807, 2.05) is 39.8 Å². The second-order valence-corrected chi connectivity index (χ2v) is 7.32. The lowest BCUT2D eigenvalue weighted by Gasteiger charge is -2.18. The fraction of sp³-hybridized carbons (Fsp3) is 0.333. The van der Waals surface area contributed by atoms with Crippen LogP contribution in [0.3, 0.4) is 0 Å². The van der Waals surface area contributed by atoms with E-state index in [-0.39, 0.29) is 11.6 Å². The van der Waals surface area contributed by atoms with Gasteiger partial charge in [0.25, 0.3) is 5.56 Å². The first-order chi connectivity index (χ1) is 13.8. The molecule has 1 amide bonds. The van der Waals surface area contributed by atoms with E-state index in [9.17, 15) is 9.59 Å². The number of hydrogen-bond donors (Lipinski definition) is 3. The van der Waals surface area contributed by atoms with Crippen LogP contribution in [0.2, 0.25) is 0 Å². The summed E-state index contributed by atoms with van der Waals surface area (Å²) in [5.74, 6) is 1.15. The maximum absolute atomic E-state index is 13.2. The van der Waals surface area contributed by atoms with Crippen molar-refractivity contribution in [1.29, 1.82) is 0 Å². The van der Waals surface area contributed by atoms with Crippen LogP contribution >= 0.6 is 0 Å². The van der Waals surface area contributed by atoms with E-state index < -0.39 is 11.9 Å². The van der Waals surface area contributed by atoms with Gasteiger partial charge in [-0.05, 0) is 62.4 Å². The summed E-state index contributed by atoms with van der Waals surface area (Å²) in [5.41, 5.74) is 6.26. The maximum atomic E-state index is 13.2. The summed E-state index contributed by atoms with van der Waals surface area (Å²) in [7, 11) is 0. The highest BCUT2D eigenvalue weighted by Crippen LogP contribution is 2.25. The molecule has 3 aromatic heterocycles. The zero-order valence-corrected chi connectivity index (χ0v) is 17.1. The van der Waals surface area contributed by atoms with Crippen LogP contribution in [0.5, 0.6) is 0 Å². The molecule has 0 fully saturated rings. The van der Waals surface area contributed by atoms with Gasteiger partial charge in [0, 0.05) is 18.4 Å². The van der Waals surface area contributed by atoms with Gasteiger partial charge in [0.2, 0.25) is 5.91 Å². The first-order valence-electron chi connectivity index (χ1n) is 9.61. The molecule has 0 aliphatic rings. The van der Waals surface area contributed by atoms with E-state index >= 15 is 0 Å². The average Bonchev–Trinajstić information content (AvgIpc) is 2.63. The van der Waals surface area contributed by atoms with Crippen molar-refractivity contribution >= 4 is 34.1 Å². The Labute approximate surface area is 169 Å². The first kappa shape index (κ1) is 20.3. The third kappa shape index (κ3) is 4.37. The number of pyridine rings is 3. The molecule has 8 nitrogen and oxygen atoms in total. The highest BCUT2D eigenvalue weighted by Gasteiger charge is 2.20. The van der Waals surface area contributed by atoms with Crippen LogP contribution in [0.4, 0.5) is 17.5 Å². The van der Waals surface area contributed by atoms with Crippen molar-refractivity contribution in [3.05, 3.63) is 52.6 Å². The number of primary amides is 1. The molecule has 4 N–H and O–H groups in total. The summed E-state index contributed by atoms with van der Waals surface area (Å²) in [6.07, 6.45) is 3.76. The maximum Gasteiger partial charge on any atom is 0.262 e. The van der Waals surface area contributed by atoms with Gasteiger partial charge in [-0.25, -0.2) is 9.97 Å². The zero-order valence-electron chi connectivity index (χ0n) is 17.1. The number of rotatable bonds is 7. The minimum Gasteiger partial charge on any atom is -0.368 e. The lowest BCUT2D eigenvalue weighted by molar-refractivity contribution is -0.121. The molecule has 0 saturated heterocycles. The number of nitrogens with zero attached hydrogens (tertiary/aromatic N) is 3. The van der Waals surface area contributed by atoms with E-state index in [1.54, 1.807) is 24.5 Å². The standard InChI is InChI=1S/C21H26N6O2/c1-5-15(19(22)28)27-9-7-14-11-17(25-16-10-13(4)6-8-23-16)26-20(24-12(2)3)18(14)21(27)29/h6-12,15H,5H2,1-4H3,(H2,22,28)(H2,23,24,25,26). The van der Waals surface area contributed by atoms with Crippen molar-refractivity contribution < 1.29 is 4.79 Å². The number of carbonyl (C=O) groups excluding carboxylic acids is 1. The molecule has 0 spiro atoms. The summed E-state index contributed by atoms with van der Waals surface area (Å²) in [6.45, 7) is 7.74. The molecule has 1 atom stereocenters. The van der Waals surface area contributed by atoms with Crippen molar-refractivity contribution in [1.82, 2.24) is 14.5 Å². The Morgan fingerprint density at radius 1 is 1.24 bits per heavy atom. The Hall–Kier alpha value is -3.42. The number of carbonyl (C=O) groups is 1. The monoisotopic (exact) mass is 394 g/mol. The van der Waals surface area contributed by atoms with Gasteiger partial charge in [-0.15, -0.1) is 0 Å². The number of hydrogen-bond acceptors (Lipinski definition) is 6. The molecule has 8 heteroatoms. The molecule has 1 unspecified atom stereocenters. The van der Waals surface area contributed by atoms with Gasteiger partial charge in [0.15, 0.2) is 0 Å². The largest absolute Gasteiger partial charge is 0.368 e. The molecule has 0 bridgehead atoms. The Bertz CT molecular complexity index is 1110. The van der Waals surface area contributed by atoms with Gasteiger partial charge < -0.3 is 20.9 Å². The number of aromatic nitrogens is 3. The van der Waals surface area contributed by atoms with Gasteiger partial charge in [-0.2, -0.15) is 0 Å². The Morgan fingerprint density at radius 3 is 2.62 bits per heavy atom. The molecule has 0 radical (unpaired) electrons. The predicted molar refractivity (Wildman–Crippen MR) is 116 cm³/mol. The van der Waals surface area contributed by atoms with E-state index in [2.05, 4.69) is 20.6 Å². The normalized spacial score (nSPS) is 12.2. The third-order valence-electron chi connectivity index (χ3n) is 4.56. The van der Waals surface area contributed by atoms with Gasteiger partial charge in [0.1, 0.15) is 23.5 Å². The highest BCUT2D eigenvalue weighted by atomic mass is 16.2. The summed E-state index contributed by atoms with van der Waals surface area (Å²) in [5, 5.41) is 7.56. The fourth-order valence-corrected chi connectivity index (χ4v) is 3.24. The number of anilines is 3. The molecule has 3 rings (SSSR count). The van der Waals surface area contributed by atoms with Gasteiger partial charge in [-0.1, -0.05) is 6.92 Å². The first-order valence-corrected chi connectivity index (χ1v) is 9.61.